The quantitative estimate of drug-likeness (QED) is 0.247. The molecule has 0 bridgehead atoms. The summed E-state index contributed by atoms with van der Waals surface area (Å²) < 4.78 is 5.53. The second-order valence-corrected chi connectivity index (χ2v) is 9.29. The van der Waals surface area contributed by atoms with Crippen molar-refractivity contribution in [2.45, 2.75) is 32.4 Å². The summed E-state index contributed by atoms with van der Waals surface area (Å²) in [5.41, 5.74) is 3.55. The number of ether oxygens (including phenoxy) is 1. The number of anilines is 2. The predicted molar refractivity (Wildman–Crippen MR) is 136 cm³/mol. The molecule has 1 amide bonds. The highest BCUT2D eigenvalue weighted by Gasteiger charge is 2.16. The molecule has 1 unspecified atom stereocenters. The number of aliphatic hydroxyl groups excluding tert-OH is 1. The van der Waals surface area contributed by atoms with Crippen LogP contribution in [0.1, 0.15) is 38.0 Å². The van der Waals surface area contributed by atoms with E-state index in [1.54, 1.807) is 31.8 Å². The van der Waals surface area contributed by atoms with Gasteiger partial charge in [-0.1, -0.05) is 25.5 Å². The Balaban J connectivity index is 1.53. The van der Waals surface area contributed by atoms with Crippen LogP contribution in [-0.2, 0) is 4.79 Å². The van der Waals surface area contributed by atoms with Crippen LogP contribution in [-0.4, -0.2) is 33.1 Å². The number of thiazole rings is 1. The van der Waals surface area contributed by atoms with Crippen LogP contribution in [0.4, 0.5) is 10.8 Å². The zero-order valence-electron chi connectivity index (χ0n) is 18.8. The molecular weight excluding hydrogens is 470 g/mol. The van der Waals surface area contributed by atoms with E-state index in [9.17, 15) is 9.90 Å². The van der Waals surface area contributed by atoms with Crippen molar-refractivity contribution < 1.29 is 14.6 Å². The van der Waals surface area contributed by atoms with Gasteiger partial charge in [-0.15, -0.1) is 22.7 Å². The van der Waals surface area contributed by atoms with Crippen LogP contribution in [0.15, 0.2) is 53.6 Å². The van der Waals surface area contributed by atoms with Crippen LogP contribution in [0.25, 0.3) is 21.8 Å². The molecule has 0 radical (unpaired) electrons. The van der Waals surface area contributed by atoms with Gasteiger partial charge in [-0.25, -0.2) is 9.97 Å². The molecule has 4 rings (SSSR count). The van der Waals surface area contributed by atoms with Crippen molar-refractivity contribution in [2.75, 3.05) is 17.7 Å². The number of carbonyl (C=O) groups excluding carboxylic acids is 1. The smallest absolute Gasteiger partial charge is 0.224 e. The van der Waals surface area contributed by atoms with Gasteiger partial charge in [0.25, 0.3) is 0 Å². The van der Waals surface area contributed by atoms with Crippen LogP contribution < -0.4 is 15.4 Å². The Kier molecular flexibility index (Phi) is 7.84. The number of thiophene rings is 1. The van der Waals surface area contributed by atoms with Gasteiger partial charge in [0.05, 0.1) is 41.5 Å². The number of rotatable bonds is 10. The monoisotopic (exact) mass is 495 g/mol. The van der Waals surface area contributed by atoms with E-state index in [2.05, 4.69) is 27.5 Å². The van der Waals surface area contributed by atoms with Crippen molar-refractivity contribution >= 4 is 39.4 Å². The maximum Gasteiger partial charge on any atom is 0.224 e. The van der Waals surface area contributed by atoms with Crippen molar-refractivity contribution in [1.82, 2.24) is 15.0 Å². The first-order valence-corrected chi connectivity index (χ1v) is 12.6. The largest absolute Gasteiger partial charge is 0.496 e. The molecule has 3 N–H and O–H groups in total. The molecule has 0 aliphatic heterocycles. The topological polar surface area (TPSA) is 109 Å². The second-order valence-electron chi connectivity index (χ2n) is 7.48. The SMILES string of the molecule is CCCCC(=O)Nc1csc(-c2cncc(-c3ccc(C(O)Nc4nccs4)c(OC)c3)n2)c1. The van der Waals surface area contributed by atoms with Crippen molar-refractivity contribution in [3.05, 3.63) is 59.2 Å². The summed E-state index contributed by atoms with van der Waals surface area (Å²) in [6.07, 6.45) is 6.46. The maximum absolute atomic E-state index is 12.0. The molecule has 3 aromatic heterocycles. The van der Waals surface area contributed by atoms with E-state index in [4.69, 9.17) is 9.72 Å². The second kappa shape index (κ2) is 11.2. The minimum atomic E-state index is -0.968. The summed E-state index contributed by atoms with van der Waals surface area (Å²) in [7, 11) is 1.56. The molecule has 0 saturated heterocycles. The number of hydrogen-bond acceptors (Lipinski definition) is 9. The van der Waals surface area contributed by atoms with Crippen LogP contribution in [0.3, 0.4) is 0 Å². The number of carbonyl (C=O) groups is 1. The lowest BCUT2D eigenvalue weighted by molar-refractivity contribution is -0.116. The molecule has 10 heteroatoms. The van der Waals surface area contributed by atoms with E-state index in [0.717, 1.165) is 29.0 Å². The van der Waals surface area contributed by atoms with Gasteiger partial charge in [0.2, 0.25) is 5.91 Å². The minimum Gasteiger partial charge on any atom is -0.496 e. The number of aliphatic hydroxyl groups is 1. The Morgan fingerprint density at radius 2 is 2.06 bits per heavy atom. The zero-order chi connectivity index (χ0) is 23.9. The van der Waals surface area contributed by atoms with Gasteiger partial charge in [0.15, 0.2) is 11.4 Å². The van der Waals surface area contributed by atoms with Crippen molar-refractivity contribution in [1.29, 1.82) is 0 Å². The Bertz CT molecular complexity index is 1240. The zero-order valence-corrected chi connectivity index (χ0v) is 20.4. The molecule has 0 saturated carbocycles. The summed E-state index contributed by atoms with van der Waals surface area (Å²) in [6.45, 7) is 2.06. The van der Waals surface area contributed by atoms with Gasteiger partial charge < -0.3 is 20.5 Å². The Labute approximate surface area is 205 Å². The highest BCUT2D eigenvalue weighted by molar-refractivity contribution is 7.14. The molecule has 1 atom stereocenters. The van der Waals surface area contributed by atoms with Gasteiger partial charge in [-0.2, -0.15) is 0 Å². The molecule has 0 aliphatic rings. The number of nitrogens with zero attached hydrogens (tertiary/aromatic N) is 3. The molecule has 0 spiro atoms. The molecule has 8 nitrogen and oxygen atoms in total. The highest BCUT2D eigenvalue weighted by atomic mass is 32.1. The first kappa shape index (κ1) is 23.8. The maximum atomic E-state index is 12.0. The lowest BCUT2D eigenvalue weighted by atomic mass is 10.1. The summed E-state index contributed by atoms with van der Waals surface area (Å²) >= 11 is 2.90. The fraction of sp³-hybridized carbons (Fsp3) is 0.250. The van der Waals surface area contributed by atoms with E-state index in [1.165, 1.54) is 22.7 Å². The number of hydrogen-bond donors (Lipinski definition) is 3. The third-order valence-electron chi connectivity index (χ3n) is 5.04. The Morgan fingerprint density at radius 1 is 1.21 bits per heavy atom. The van der Waals surface area contributed by atoms with E-state index >= 15 is 0 Å². The molecular formula is C24H25N5O3S2. The number of amides is 1. The first-order chi connectivity index (χ1) is 16.6. The van der Waals surface area contributed by atoms with Crippen molar-refractivity contribution in [3.8, 4) is 27.6 Å². The van der Waals surface area contributed by atoms with Crippen LogP contribution in [0, 0.1) is 0 Å². The van der Waals surface area contributed by atoms with Crippen LogP contribution >= 0.6 is 22.7 Å². The predicted octanol–water partition coefficient (Wildman–Crippen LogP) is 5.57. The number of benzene rings is 1. The van der Waals surface area contributed by atoms with Gasteiger partial charge in [0, 0.05) is 34.5 Å². The standard InChI is InChI=1S/C24H25N5O3S2/c1-3-4-5-22(30)27-16-11-21(34-14-16)19-13-25-12-18(28-19)15-6-7-17(20(10-15)32-2)23(31)29-24-26-8-9-33-24/h6-14,23,31H,3-5H2,1-2H3,(H,26,29)(H,27,30). The van der Waals surface area contributed by atoms with E-state index < -0.39 is 6.23 Å². The molecule has 34 heavy (non-hydrogen) atoms. The number of unbranched alkanes of at least 4 members (excludes halogenated alkanes) is 1. The average molecular weight is 496 g/mol. The van der Waals surface area contributed by atoms with Gasteiger partial charge in [0.1, 0.15) is 5.75 Å². The molecule has 4 aromatic rings. The molecule has 176 valence electrons. The van der Waals surface area contributed by atoms with Gasteiger partial charge >= 0.3 is 0 Å². The van der Waals surface area contributed by atoms with Crippen molar-refractivity contribution in [3.63, 3.8) is 0 Å². The first-order valence-electron chi connectivity index (χ1n) is 10.8. The van der Waals surface area contributed by atoms with Gasteiger partial charge in [-0.05, 0) is 18.6 Å². The number of methoxy groups -OCH3 is 1. The third-order valence-corrected chi connectivity index (χ3v) is 6.70. The van der Waals surface area contributed by atoms with E-state index in [0.29, 0.717) is 34.3 Å². The normalized spacial score (nSPS) is 11.7. The molecule has 0 aliphatic carbocycles. The fourth-order valence-electron chi connectivity index (χ4n) is 3.31. The lowest BCUT2D eigenvalue weighted by Crippen LogP contribution is -2.11. The summed E-state index contributed by atoms with van der Waals surface area (Å²) in [4.78, 5) is 26.2. The summed E-state index contributed by atoms with van der Waals surface area (Å²) in [5, 5.41) is 20.8. The fourth-order valence-corrected chi connectivity index (χ4v) is 4.65. The molecule has 3 heterocycles. The summed E-state index contributed by atoms with van der Waals surface area (Å²) in [6, 6.07) is 7.39. The van der Waals surface area contributed by atoms with Crippen LogP contribution in [0.5, 0.6) is 5.75 Å². The Morgan fingerprint density at radius 3 is 2.82 bits per heavy atom. The van der Waals surface area contributed by atoms with Gasteiger partial charge in [-0.3, -0.25) is 9.78 Å². The van der Waals surface area contributed by atoms with E-state index in [1.807, 2.05) is 29.0 Å². The summed E-state index contributed by atoms with van der Waals surface area (Å²) in [5.74, 6) is 0.541. The Hall–Kier alpha value is -3.34. The van der Waals surface area contributed by atoms with E-state index in [-0.39, 0.29) is 5.91 Å². The molecule has 0 fully saturated rings. The third kappa shape index (κ3) is 5.77. The highest BCUT2D eigenvalue weighted by Crippen LogP contribution is 2.33. The number of nitrogens with one attached hydrogen (secondary N) is 2. The number of aromatic nitrogens is 3. The molecule has 1 aromatic carbocycles. The average Bonchev–Trinajstić information content (AvgIpc) is 3.54. The van der Waals surface area contributed by atoms with Crippen molar-refractivity contribution in [2.24, 2.45) is 0 Å². The minimum absolute atomic E-state index is 0.0183. The van der Waals surface area contributed by atoms with Crippen LogP contribution in [0.2, 0.25) is 0 Å². The lowest BCUT2D eigenvalue weighted by Gasteiger charge is -2.16.